The smallest absolute Gasteiger partial charge is 0.184 e. The summed E-state index contributed by atoms with van der Waals surface area (Å²) in [5.74, 6) is 1.37. The van der Waals surface area contributed by atoms with E-state index in [1.54, 1.807) is 6.07 Å². The van der Waals surface area contributed by atoms with E-state index >= 15 is 0 Å². The summed E-state index contributed by atoms with van der Waals surface area (Å²) in [7, 11) is -3.13. The summed E-state index contributed by atoms with van der Waals surface area (Å²) >= 11 is 1.35. The monoisotopic (exact) mass is 314 g/mol. The van der Waals surface area contributed by atoms with Crippen LogP contribution in [0, 0.1) is 11.8 Å². The molecule has 112 valence electrons. The predicted molar refractivity (Wildman–Crippen MR) is 80.9 cm³/mol. The van der Waals surface area contributed by atoms with Gasteiger partial charge in [0.2, 0.25) is 0 Å². The summed E-state index contributed by atoms with van der Waals surface area (Å²) in [5, 5.41) is 9.82. The molecule has 3 rings (SSSR count). The minimum Gasteiger partial charge on any atom is -0.395 e. The third-order valence-electron chi connectivity index (χ3n) is 5.04. The summed E-state index contributed by atoms with van der Waals surface area (Å²) in [6.07, 6.45) is 8.82. The van der Waals surface area contributed by atoms with Crippen molar-refractivity contribution in [1.29, 1.82) is 0 Å². The van der Waals surface area contributed by atoms with Gasteiger partial charge in [0.15, 0.2) is 9.84 Å². The Balaban J connectivity index is 1.76. The molecule has 1 heterocycles. The zero-order valence-corrected chi connectivity index (χ0v) is 13.5. The Kier molecular flexibility index (Phi) is 3.72. The van der Waals surface area contributed by atoms with Crippen molar-refractivity contribution < 1.29 is 13.5 Å². The Hall–Kier alpha value is -0.390. The van der Waals surface area contributed by atoms with Gasteiger partial charge in [-0.05, 0) is 36.8 Å². The van der Waals surface area contributed by atoms with Gasteiger partial charge >= 0.3 is 0 Å². The van der Waals surface area contributed by atoms with E-state index < -0.39 is 9.84 Å². The SMILES string of the molecule is CS(=O)(=O)c1ccc(C2(CO)CC2CC2CCCC2)s1. The van der Waals surface area contributed by atoms with E-state index in [-0.39, 0.29) is 12.0 Å². The van der Waals surface area contributed by atoms with Crippen LogP contribution in [0.25, 0.3) is 0 Å². The molecule has 2 saturated carbocycles. The van der Waals surface area contributed by atoms with Crippen molar-refractivity contribution in [2.24, 2.45) is 11.8 Å². The van der Waals surface area contributed by atoms with Crippen LogP contribution in [0.3, 0.4) is 0 Å². The maximum Gasteiger partial charge on any atom is 0.184 e. The van der Waals surface area contributed by atoms with Gasteiger partial charge in [-0.15, -0.1) is 11.3 Å². The molecule has 3 nitrogen and oxygen atoms in total. The van der Waals surface area contributed by atoms with Crippen LogP contribution in [0.2, 0.25) is 0 Å². The first-order chi connectivity index (χ1) is 9.45. The average Bonchev–Trinajstić information content (AvgIpc) is 2.82. The fourth-order valence-corrected chi connectivity index (χ4v) is 5.90. The number of sulfone groups is 1. The van der Waals surface area contributed by atoms with E-state index in [4.69, 9.17) is 0 Å². The molecule has 2 fully saturated rings. The van der Waals surface area contributed by atoms with Crippen molar-refractivity contribution in [3.63, 3.8) is 0 Å². The Morgan fingerprint density at radius 3 is 2.60 bits per heavy atom. The molecule has 1 aromatic rings. The molecule has 2 aliphatic carbocycles. The van der Waals surface area contributed by atoms with Crippen LogP contribution in [0.15, 0.2) is 16.3 Å². The molecule has 0 aliphatic heterocycles. The maximum atomic E-state index is 11.6. The largest absolute Gasteiger partial charge is 0.395 e. The molecule has 2 aliphatic rings. The second-order valence-electron chi connectivity index (χ2n) is 6.49. The van der Waals surface area contributed by atoms with Gasteiger partial charge in [0.1, 0.15) is 4.21 Å². The quantitative estimate of drug-likeness (QED) is 0.909. The van der Waals surface area contributed by atoms with Crippen molar-refractivity contribution in [2.75, 3.05) is 12.9 Å². The molecule has 2 unspecified atom stereocenters. The van der Waals surface area contributed by atoms with Gasteiger partial charge in [0.25, 0.3) is 0 Å². The van der Waals surface area contributed by atoms with Crippen molar-refractivity contribution in [3.05, 3.63) is 17.0 Å². The van der Waals surface area contributed by atoms with Crippen LogP contribution < -0.4 is 0 Å². The minimum atomic E-state index is -3.13. The van der Waals surface area contributed by atoms with E-state index in [1.807, 2.05) is 6.07 Å². The molecule has 5 heteroatoms. The number of hydrogen-bond donors (Lipinski definition) is 1. The van der Waals surface area contributed by atoms with Crippen LogP contribution >= 0.6 is 11.3 Å². The molecule has 0 amide bonds. The zero-order valence-electron chi connectivity index (χ0n) is 11.8. The fraction of sp³-hybridized carbons (Fsp3) is 0.733. The molecule has 0 aromatic carbocycles. The first-order valence-electron chi connectivity index (χ1n) is 7.37. The van der Waals surface area contributed by atoms with Gasteiger partial charge in [0.05, 0.1) is 6.61 Å². The highest BCUT2D eigenvalue weighted by molar-refractivity contribution is 7.92. The number of thiophene rings is 1. The average molecular weight is 314 g/mol. The van der Waals surface area contributed by atoms with E-state index in [2.05, 4.69) is 0 Å². The third kappa shape index (κ3) is 2.55. The Morgan fingerprint density at radius 1 is 1.35 bits per heavy atom. The zero-order chi connectivity index (χ0) is 14.4. The van der Waals surface area contributed by atoms with Gasteiger partial charge in [-0.2, -0.15) is 0 Å². The summed E-state index contributed by atoms with van der Waals surface area (Å²) in [6.45, 7) is 0.147. The van der Waals surface area contributed by atoms with Crippen LogP contribution in [-0.4, -0.2) is 26.4 Å². The highest BCUT2D eigenvalue weighted by Gasteiger charge is 2.56. The van der Waals surface area contributed by atoms with Gasteiger partial charge in [-0.3, -0.25) is 0 Å². The van der Waals surface area contributed by atoms with E-state index in [0.717, 1.165) is 17.2 Å². The molecule has 0 bridgehead atoms. The molecule has 20 heavy (non-hydrogen) atoms. The molecule has 2 atom stereocenters. The fourth-order valence-electron chi connectivity index (χ4n) is 3.70. The van der Waals surface area contributed by atoms with Crippen LogP contribution in [0.5, 0.6) is 0 Å². The minimum absolute atomic E-state index is 0.143. The van der Waals surface area contributed by atoms with Crippen LogP contribution in [0.1, 0.15) is 43.4 Å². The molecule has 1 N–H and O–H groups in total. The van der Waals surface area contributed by atoms with Crippen molar-refractivity contribution in [3.8, 4) is 0 Å². The molecule has 0 radical (unpaired) electrons. The number of hydrogen-bond acceptors (Lipinski definition) is 4. The van der Waals surface area contributed by atoms with E-state index in [1.165, 1.54) is 49.7 Å². The maximum absolute atomic E-state index is 11.6. The third-order valence-corrected chi connectivity index (χ3v) is 8.17. The Morgan fingerprint density at radius 2 is 2.05 bits per heavy atom. The topological polar surface area (TPSA) is 54.4 Å². The second-order valence-corrected chi connectivity index (χ2v) is 9.82. The highest BCUT2D eigenvalue weighted by atomic mass is 32.2. The summed E-state index contributed by atoms with van der Waals surface area (Å²) in [4.78, 5) is 1.06. The van der Waals surface area contributed by atoms with Crippen molar-refractivity contribution >= 4 is 21.2 Å². The first-order valence-corrected chi connectivity index (χ1v) is 10.1. The van der Waals surface area contributed by atoms with Gasteiger partial charge in [-0.25, -0.2) is 8.42 Å². The summed E-state index contributed by atoms with van der Waals surface area (Å²) in [5.41, 5.74) is -0.143. The van der Waals surface area contributed by atoms with E-state index in [9.17, 15) is 13.5 Å². The van der Waals surface area contributed by atoms with Gasteiger partial charge in [-0.1, -0.05) is 25.7 Å². The van der Waals surface area contributed by atoms with Crippen molar-refractivity contribution in [1.82, 2.24) is 0 Å². The Bertz CT molecular complexity index is 584. The molecular weight excluding hydrogens is 292 g/mol. The molecular formula is C15H22O3S2. The summed E-state index contributed by atoms with van der Waals surface area (Å²) in [6, 6.07) is 3.60. The summed E-state index contributed by atoms with van der Waals surface area (Å²) < 4.78 is 23.6. The predicted octanol–water partition coefficient (Wildman–Crippen LogP) is 2.98. The Labute approximate surface area is 124 Å². The first kappa shape index (κ1) is 14.5. The van der Waals surface area contributed by atoms with Gasteiger partial charge in [0, 0.05) is 16.5 Å². The standard InChI is InChI=1S/C15H22O3S2/c1-20(17,18)14-7-6-13(19-14)15(10-16)9-12(15)8-11-4-2-3-5-11/h6-7,11-12,16H,2-5,8-10H2,1H3. The number of aliphatic hydroxyl groups excluding tert-OH is 1. The highest BCUT2D eigenvalue weighted by Crippen LogP contribution is 2.59. The second kappa shape index (κ2) is 5.11. The lowest BCUT2D eigenvalue weighted by Crippen LogP contribution is -2.15. The van der Waals surface area contributed by atoms with Crippen LogP contribution in [-0.2, 0) is 15.3 Å². The van der Waals surface area contributed by atoms with E-state index in [0.29, 0.717) is 10.1 Å². The number of aliphatic hydroxyl groups is 1. The van der Waals surface area contributed by atoms with Crippen LogP contribution in [0.4, 0.5) is 0 Å². The van der Waals surface area contributed by atoms with Crippen molar-refractivity contribution in [2.45, 2.75) is 48.1 Å². The molecule has 0 saturated heterocycles. The lowest BCUT2D eigenvalue weighted by Gasteiger charge is -2.15. The lowest BCUT2D eigenvalue weighted by atomic mass is 9.94. The molecule has 1 aromatic heterocycles. The number of rotatable bonds is 5. The molecule has 0 spiro atoms. The normalized spacial score (nSPS) is 30.8. The lowest BCUT2D eigenvalue weighted by molar-refractivity contribution is 0.241. The van der Waals surface area contributed by atoms with Gasteiger partial charge < -0.3 is 5.11 Å².